The Morgan fingerprint density at radius 3 is 3.00 bits per heavy atom. The van der Waals surface area contributed by atoms with Crippen molar-refractivity contribution in [1.29, 1.82) is 0 Å². The van der Waals surface area contributed by atoms with Gasteiger partial charge in [-0.25, -0.2) is 0 Å². The Morgan fingerprint density at radius 1 is 1.50 bits per heavy atom. The lowest BCUT2D eigenvalue weighted by atomic mass is 10.1. The molecule has 1 aliphatic heterocycles. The second-order valence-corrected chi connectivity index (χ2v) is 5.26. The summed E-state index contributed by atoms with van der Waals surface area (Å²) >= 11 is 0. The van der Waals surface area contributed by atoms with Gasteiger partial charge in [-0.15, -0.1) is 0 Å². The highest BCUT2D eigenvalue weighted by atomic mass is 16.2. The van der Waals surface area contributed by atoms with Gasteiger partial charge >= 0.3 is 0 Å². The van der Waals surface area contributed by atoms with E-state index in [2.05, 4.69) is 10.6 Å². The molecule has 108 valence electrons. The molecule has 0 radical (unpaired) electrons. The molecule has 1 unspecified atom stereocenters. The van der Waals surface area contributed by atoms with Gasteiger partial charge in [0.2, 0.25) is 11.8 Å². The normalized spacial score (nSPS) is 19.5. The molecule has 0 saturated carbocycles. The van der Waals surface area contributed by atoms with Crippen molar-refractivity contribution in [3.8, 4) is 0 Å². The first-order valence-electron chi connectivity index (χ1n) is 6.86. The molecule has 2 rings (SSSR count). The first-order chi connectivity index (χ1) is 9.56. The topological polar surface area (TPSA) is 61.4 Å². The zero-order chi connectivity index (χ0) is 14.5. The van der Waals surface area contributed by atoms with E-state index in [4.69, 9.17) is 0 Å². The van der Waals surface area contributed by atoms with Gasteiger partial charge in [0.1, 0.15) is 0 Å². The number of carbonyl (C=O) groups excluding carboxylic acids is 2. The van der Waals surface area contributed by atoms with Crippen LogP contribution in [0.5, 0.6) is 0 Å². The predicted molar refractivity (Wildman–Crippen MR) is 77.1 cm³/mol. The maximum Gasteiger partial charge on any atom is 0.237 e. The smallest absolute Gasteiger partial charge is 0.237 e. The summed E-state index contributed by atoms with van der Waals surface area (Å²) in [6.45, 7) is 3.95. The van der Waals surface area contributed by atoms with Crippen LogP contribution in [0.1, 0.15) is 17.5 Å². The zero-order valence-corrected chi connectivity index (χ0v) is 12.0. The van der Waals surface area contributed by atoms with E-state index in [0.717, 1.165) is 12.1 Å². The number of likely N-dealkylation sites (N-methyl/N-ethyl adjacent to an activating group) is 1. The number of carbonyl (C=O) groups is 2. The molecule has 1 fully saturated rings. The summed E-state index contributed by atoms with van der Waals surface area (Å²) in [6, 6.07) is 7.65. The van der Waals surface area contributed by atoms with Crippen molar-refractivity contribution in [1.82, 2.24) is 15.5 Å². The van der Waals surface area contributed by atoms with Gasteiger partial charge in [0, 0.05) is 19.6 Å². The standard InChI is InChI=1S/C15H21N3O2/c1-11-4-3-5-12(8-11)10-17-14(19)9-13-15(20)16-6-7-18(13)2/h3-5,8,13H,6-7,9-10H2,1-2H3,(H,16,20)(H,17,19). The van der Waals surface area contributed by atoms with Crippen LogP contribution in [0.3, 0.4) is 0 Å². The Labute approximate surface area is 119 Å². The average Bonchev–Trinajstić information content (AvgIpc) is 2.41. The van der Waals surface area contributed by atoms with E-state index in [1.54, 1.807) is 0 Å². The van der Waals surface area contributed by atoms with Gasteiger partial charge in [-0.3, -0.25) is 14.5 Å². The third-order valence-electron chi connectivity index (χ3n) is 3.55. The summed E-state index contributed by atoms with van der Waals surface area (Å²) in [4.78, 5) is 25.6. The SMILES string of the molecule is Cc1cccc(CNC(=O)CC2C(=O)NCCN2C)c1. The molecule has 0 aromatic heterocycles. The van der Waals surface area contributed by atoms with E-state index in [0.29, 0.717) is 13.1 Å². The minimum Gasteiger partial charge on any atom is -0.353 e. The Bertz CT molecular complexity index is 502. The summed E-state index contributed by atoms with van der Waals surface area (Å²) in [7, 11) is 1.87. The lowest BCUT2D eigenvalue weighted by molar-refractivity contribution is -0.133. The fourth-order valence-electron chi connectivity index (χ4n) is 2.35. The Kier molecular flexibility index (Phi) is 4.74. The van der Waals surface area contributed by atoms with Crippen LogP contribution in [0.2, 0.25) is 0 Å². The van der Waals surface area contributed by atoms with E-state index in [1.807, 2.05) is 43.1 Å². The molecule has 20 heavy (non-hydrogen) atoms. The van der Waals surface area contributed by atoms with Crippen molar-refractivity contribution < 1.29 is 9.59 Å². The fourth-order valence-corrected chi connectivity index (χ4v) is 2.35. The lowest BCUT2D eigenvalue weighted by Gasteiger charge is -2.31. The predicted octanol–water partition coefficient (Wildman–Crippen LogP) is 0.432. The number of hydrogen-bond acceptors (Lipinski definition) is 3. The summed E-state index contributed by atoms with van der Waals surface area (Å²) in [6.07, 6.45) is 0.203. The first-order valence-corrected chi connectivity index (χ1v) is 6.86. The maximum atomic E-state index is 11.9. The number of amides is 2. The quantitative estimate of drug-likeness (QED) is 0.838. The molecule has 2 N–H and O–H groups in total. The molecule has 1 atom stereocenters. The molecule has 1 aliphatic rings. The highest BCUT2D eigenvalue weighted by Gasteiger charge is 2.28. The third-order valence-corrected chi connectivity index (χ3v) is 3.55. The number of rotatable bonds is 4. The molecule has 0 bridgehead atoms. The largest absolute Gasteiger partial charge is 0.353 e. The van der Waals surface area contributed by atoms with Crippen LogP contribution in [0.15, 0.2) is 24.3 Å². The van der Waals surface area contributed by atoms with Crippen molar-refractivity contribution in [3.05, 3.63) is 35.4 Å². The van der Waals surface area contributed by atoms with E-state index in [-0.39, 0.29) is 24.3 Å². The minimum absolute atomic E-state index is 0.0653. The van der Waals surface area contributed by atoms with Gasteiger partial charge in [-0.1, -0.05) is 29.8 Å². The van der Waals surface area contributed by atoms with Gasteiger partial charge in [0.25, 0.3) is 0 Å². The van der Waals surface area contributed by atoms with Crippen molar-refractivity contribution in [2.24, 2.45) is 0 Å². The molecule has 5 heteroatoms. The number of piperazine rings is 1. The van der Waals surface area contributed by atoms with Gasteiger partial charge in [-0.2, -0.15) is 0 Å². The molecule has 1 saturated heterocycles. The minimum atomic E-state index is -0.360. The van der Waals surface area contributed by atoms with Crippen LogP contribution >= 0.6 is 0 Å². The van der Waals surface area contributed by atoms with Gasteiger partial charge in [0.15, 0.2) is 0 Å². The van der Waals surface area contributed by atoms with E-state index in [1.165, 1.54) is 5.56 Å². The van der Waals surface area contributed by atoms with E-state index < -0.39 is 0 Å². The van der Waals surface area contributed by atoms with Crippen LogP contribution in [-0.4, -0.2) is 42.9 Å². The third kappa shape index (κ3) is 3.81. The number of aryl methyl sites for hydroxylation is 1. The summed E-state index contributed by atoms with van der Waals surface area (Å²) in [5.41, 5.74) is 2.24. The van der Waals surface area contributed by atoms with Crippen molar-refractivity contribution in [2.45, 2.75) is 25.9 Å². The monoisotopic (exact) mass is 275 g/mol. The van der Waals surface area contributed by atoms with Crippen LogP contribution in [0.4, 0.5) is 0 Å². The molecule has 1 heterocycles. The number of nitrogens with one attached hydrogen (secondary N) is 2. The number of nitrogens with zero attached hydrogens (tertiary/aromatic N) is 1. The second-order valence-electron chi connectivity index (χ2n) is 5.26. The van der Waals surface area contributed by atoms with Crippen LogP contribution in [0, 0.1) is 6.92 Å². The second kappa shape index (κ2) is 6.52. The zero-order valence-electron chi connectivity index (χ0n) is 12.0. The Balaban J connectivity index is 1.84. The molecule has 1 aromatic carbocycles. The van der Waals surface area contributed by atoms with Crippen LogP contribution in [0.25, 0.3) is 0 Å². The Hall–Kier alpha value is -1.88. The average molecular weight is 275 g/mol. The fraction of sp³-hybridized carbons (Fsp3) is 0.467. The summed E-state index contributed by atoms with van der Waals surface area (Å²) < 4.78 is 0. The number of benzene rings is 1. The first kappa shape index (κ1) is 14.5. The van der Waals surface area contributed by atoms with E-state index >= 15 is 0 Å². The van der Waals surface area contributed by atoms with Crippen molar-refractivity contribution in [3.63, 3.8) is 0 Å². The molecular formula is C15H21N3O2. The lowest BCUT2D eigenvalue weighted by Crippen LogP contribution is -2.54. The van der Waals surface area contributed by atoms with Gasteiger partial charge in [0.05, 0.1) is 12.5 Å². The molecular weight excluding hydrogens is 254 g/mol. The highest BCUT2D eigenvalue weighted by molar-refractivity contribution is 5.88. The highest BCUT2D eigenvalue weighted by Crippen LogP contribution is 2.07. The summed E-state index contributed by atoms with van der Waals surface area (Å²) in [5.74, 6) is -0.162. The number of hydrogen-bond donors (Lipinski definition) is 2. The molecule has 2 amide bonds. The van der Waals surface area contributed by atoms with Crippen LogP contribution in [-0.2, 0) is 16.1 Å². The Morgan fingerprint density at radius 2 is 2.30 bits per heavy atom. The molecule has 1 aromatic rings. The van der Waals surface area contributed by atoms with Crippen molar-refractivity contribution in [2.75, 3.05) is 20.1 Å². The molecule has 0 spiro atoms. The summed E-state index contributed by atoms with van der Waals surface area (Å²) in [5, 5.41) is 5.66. The van der Waals surface area contributed by atoms with Gasteiger partial charge < -0.3 is 10.6 Å². The maximum absolute atomic E-state index is 11.9. The van der Waals surface area contributed by atoms with Crippen LogP contribution < -0.4 is 10.6 Å². The molecule has 5 nitrogen and oxygen atoms in total. The molecule has 0 aliphatic carbocycles. The van der Waals surface area contributed by atoms with Crippen molar-refractivity contribution >= 4 is 11.8 Å². The van der Waals surface area contributed by atoms with Gasteiger partial charge in [-0.05, 0) is 19.5 Å². The van der Waals surface area contributed by atoms with E-state index in [9.17, 15) is 9.59 Å².